The number of fused-ring (bicyclic) bond motifs is 6. The lowest BCUT2D eigenvalue weighted by Crippen LogP contribution is -2.61. The highest BCUT2D eigenvalue weighted by Crippen LogP contribution is 2.65. The van der Waals surface area contributed by atoms with E-state index >= 15 is 0 Å². The van der Waals surface area contributed by atoms with E-state index in [4.69, 9.17) is 5.73 Å². The zero-order chi connectivity index (χ0) is 91.4. The lowest BCUT2D eigenvalue weighted by Gasteiger charge is -2.62. The highest BCUT2D eigenvalue weighted by molar-refractivity contribution is 7.89. The predicted octanol–water partition coefficient (Wildman–Crippen LogP) is 29.7. The lowest BCUT2D eigenvalue weighted by molar-refractivity contribution is -0.0913. The fourth-order valence-electron chi connectivity index (χ4n) is 25.3. The Morgan fingerprint density at radius 1 is 0.408 bits per heavy atom. The summed E-state index contributed by atoms with van der Waals surface area (Å²) in [6, 6.07) is 48.1. The molecule has 0 aliphatic heterocycles. The van der Waals surface area contributed by atoms with Crippen LogP contribution in [0.2, 0.25) is 0 Å². The summed E-state index contributed by atoms with van der Waals surface area (Å²) < 4.78 is 28.1. The van der Waals surface area contributed by atoms with Crippen LogP contribution in [-0.2, 0) is 29.3 Å². The van der Waals surface area contributed by atoms with Crippen LogP contribution >= 0.6 is 0 Å². The molecule has 12 saturated carbocycles. The van der Waals surface area contributed by atoms with Gasteiger partial charge in [0, 0.05) is 40.1 Å². The highest BCUT2D eigenvalue weighted by atomic mass is 32.2. The topological polar surface area (TPSA) is 143 Å². The number of pyridine rings is 1. The van der Waals surface area contributed by atoms with E-state index < -0.39 is 10.0 Å². The Morgan fingerprint density at radius 2 is 0.784 bits per heavy atom. The van der Waals surface area contributed by atoms with E-state index in [1.54, 1.807) is 36.7 Å². The fraction of sp³-hybridized carbons (Fsp3) is 0.678. The van der Waals surface area contributed by atoms with E-state index in [9.17, 15) is 18.0 Å². The van der Waals surface area contributed by atoms with Crippen molar-refractivity contribution in [2.45, 2.75) is 392 Å². The molecule has 18 rings (SSSR count). The molecule has 6 unspecified atom stereocenters. The van der Waals surface area contributed by atoms with Gasteiger partial charge in [-0.2, -0.15) is 0 Å². The molecule has 10 bridgehead atoms. The Morgan fingerprint density at radius 3 is 1.14 bits per heavy atom. The van der Waals surface area contributed by atoms with Crippen molar-refractivity contribution in [2.75, 3.05) is 0 Å². The van der Waals surface area contributed by atoms with Crippen molar-refractivity contribution in [1.29, 1.82) is 0 Å². The molecular formula is C115H179N5O4S. The SMILES string of the molecule is CC(C)C12CC3CC(CC(N)(C3)C1)C2.CC(C)C12CCC(NC(=O)c3ccccc3)(CC1)C2.CC(C)C12CCC(NC(=O)c3cccnc3)(CC1)C2.CC(C)C12CCC(NS(=O)(=O)c3ccccc3)(CC1)C2.CC(C)CC1CCCC1C.CC(C)CC1CCCC1C.Cc1ccc(CC(C)C)cc1.Cc1ccc(CC(C)C)cc1.Cc1ccccc1CC(C)C. The molecule has 6 aromatic rings. The highest BCUT2D eigenvalue weighted by Gasteiger charge is 2.60. The van der Waals surface area contributed by atoms with Crippen LogP contribution in [0.1, 0.15) is 379 Å². The minimum absolute atomic E-state index is 0.0366. The Balaban J connectivity index is 0.000000161. The summed E-state index contributed by atoms with van der Waals surface area (Å²) in [5.74, 6) is 13.2. The first-order valence-electron chi connectivity index (χ1n) is 50.6. The molecule has 12 fully saturated rings. The third-order valence-corrected chi connectivity index (χ3v) is 34.5. The van der Waals surface area contributed by atoms with Gasteiger partial charge in [-0.3, -0.25) is 14.6 Å². The first-order chi connectivity index (χ1) is 59.0. The number of nitrogens with one attached hydrogen (secondary N) is 3. The first-order valence-corrected chi connectivity index (χ1v) is 52.1. The zero-order valence-electron chi connectivity index (χ0n) is 83.4. The minimum Gasteiger partial charge on any atom is -0.347 e. The third-order valence-electron chi connectivity index (χ3n) is 32.9. The summed E-state index contributed by atoms with van der Waals surface area (Å²) in [5.41, 5.74) is 18.6. The van der Waals surface area contributed by atoms with E-state index in [1.165, 1.54) is 175 Å². The fourth-order valence-corrected chi connectivity index (χ4v) is 26.8. The Kier molecular flexibility index (Phi) is 37.6. The van der Waals surface area contributed by atoms with Gasteiger partial charge < -0.3 is 16.4 Å². The number of amides is 2. The van der Waals surface area contributed by atoms with Gasteiger partial charge in [-0.25, -0.2) is 13.1 Å². The lowest BCUT2D eigenvalue weighted by atomic mass is 9.44. The maximum absolute atomic E-state index is 12.5. The van der Waals surface area contributed by atoms with Crippen LogP contribution in [0.25, 0.3) is 0 Å². The average Bonchev–Trinajstić information content (AvgIpc) is 1.70. The molecule has 0 saturated heterocycles. The van der Waals surface area contributed by atoms with Crippen LogP contribution in [-0.4, -0.2) is 47.4 Å². The van der Waals surface area contributed by atoms with Crippen molar-refractivity contribution in [3.8, 4) is 0 Å². The van der Waals surface area contributed by atoms with Crippen molar-refractivity contribution in [3.63, 3.8) is 0 Å². The second kappa shape index (κ2) is 45.7. The van der Waals surface area contributed by atoms with Gasteiger partial charge in [0.1, 0.15) is 0 Å². The average molecular weight is 1730 g/mol. The minimum atomic E-state index is -3.39. The molecular weight excluding hydrogens is 1550 g/mol. The number of sulfonamides is 1. The molecule has 2 amide bonds. The number of nitrogens with two attached hydrogens (primary N) is 1. The van der Waals surface area contributed by atoms with Crippen LogP contribution < -0.4 is 21.1 Å². The van der Waals surface area contributed by atoms with Gasteiger partial charge in [-0.05, 0) is 357 Å². The number of hydrogen-bond acceptors (Lipinski definition) is 6. The number of carbonyl (C=O) groups is 2. The number of benzene rings is 5. The van der Waals surface area contributed by atoms with E-state index in [1.807, 2.05) is 48.5 Å². The number of rotatable bonds is 21. The summed E-state index contributed by atoms with van der Waals surface area (Å²) in [5, 5.41) is 6.64. The summed E-state index contributed by atoms with van der Waals surface area (Å²) in [4.78, 5) is 29.1. The molecule has 694 valence electrons. The first kappa shape index (κ1) is 103. The van der Waals surface area contributed by atoms with Crippen LogP contribution in [0.15, 0.2) is 163 Å². The molecule has 0 spiro atoms. The molecule has 5 aromatic carbocycles. The van der Waals surface area contributed by atoms with Gasteiger partial charge >= 0.3 is 0 Å². The molecule has 1 heterocycles. The second-order valence-electron chi connectivity index (χ2n) is 46.5. The van der Waals surface area contributed by atoms with Crippen LogP contribution in [0, 0.1) is 131 Å². The van der Waals surface area contributed by atoms with Crippen molar-refractivity contribution in [1.82, 2.24) is 20.3 Å². The van der Waals surface area contributed by atoms with Crippen molar-refractivity contribution in [2.24, 2.45) is 116 Å². The monoisotopic (exact) mass is 1730 g/mol. The maximum atomic E-state index is 12.5. The maximum Gasteiger partial charge on any atom is 0.253 e. The number of aryl methyl sites for hydroxylation is 3. The molecule has 12 aliphatic carbocycles. The summed E-state index contributed by atoms with van der Waals surface area (Å²) in [6.45, 7) is 52.8. The summed E-state index contributed by atoms with van der Waals surface area (Å²) >= 11 is 0. The van der Waals surface area contributed by atoms with E-state index in [0.717, 1.165) is 147 Å². The molecule has 0 radical (unpaired) electrons. The van der Waals surface area contributed by atoms with Gasteiger partial charge in [-0.15, -0.1) is 0 Å². The molecule has 10 heteroatoms. The molecule has 12 aliphatic rings. The largest absolute Gasteiger partial charge is 0.347 e. The van der Waals surface area contributed by atoms with Gasteiger partial charge in [0.25, 0.3) is 11.8 Å². The second-order valence-corrected chi connectivity index (χ2v) is 48.2. The van der Waals surface area contributed by atoms with E-state index in [2.05, 4.69) is 252 Å². The van der Waals surface area contributed by atoms with Gasteiger partial charge in [0.2, 0.25) is 10.0 Å². The number of aromatic nitrogens is 1. The number of nitrogens with zero attached hydrogens (tertiary/aromatic N) is 1. The van der Waals surface area contributed by atoms with Gasteiger partial charge in [0.15, 0.2) is 0 Å². The summed E-state index contributed by atoms with van der Waals surface area (Å²) in [7, 11) is -3.39. The van der Waals surface area contributed by atoms with Crippen molar-refractivity contribution >= 4 is 21.8 Å². The van der Waals surface area contributed by atoms with Gasteiger partial charge in [-0.1, -0.05) is 297 Å². The Hall–Kier alpha value is -5.94. The van der Waals surface area contributed by atoms with Crippen molar-refractivity contribution < 1.29 is 18.0 Å². The third kappa shape index (κ3) is 29.3. The molecule has 125 heavy (non-hydrogen) atoms. The Labute approximate surface area is 765 Å². The number of hydrogen-bond donors (Lipinski definition) is 4. The smallest absolute Gasteiger partial charge is 0.253 e. The normalized spacial score (nSPS) is 29.6. The quantitative estimate of drug-likeness (QED) is 0.0565. The van der Waals surface area contributed by atoms with Crippen LogP contribution in [0.4, 0.5) is 0 Å². The van der Waals surface area contributed by atoms with Crippen LogP contribution in [0.5, 0.6) is 0 Å². The van der Waals surface area contributed by atoms with Gasteiger partial charge in [0.05, 0.1) is 10.5 Å². The number of carbonyl (C=O) groups excluding carboxylic acids is 2. The predicted molar refractivity (Wildman–Crippen MR) is 532 cm³/mol. The zero-order valence-corrected chi connectivity index (χ0v) is 84.2. The van der Waals surface area contributed by atoms with E-state index in [0.29, 0.717) is 44.0 Å². The Bertz CT molecular complexity index is 4110. The van der Waals surface area contributed by atoms with E-state index in [-0.39, 0.29) is 34.0 Å². The van der Waals surface area contributed by atoms with Crippen LogP contribution in [0.3, 0.4) is 0 Å². The summed E-state index contributed by atoms with van der Waals surface area (Å²) in [6.07, 6.45) is 44.5. The molecule has 6 atom stereocenters. The molecule has 1 aromatic heterocycles. The molecule has 9 nitrogen and oxygen atoms in total. The van der Waals surface area contributed by atoms with Crippen molar-refractivity contribution in [3.05, 3.63) is 202 Å². The molecule has 5 N–H and O–H groups in total. The standard InChI is InChI=1S/C17H23NO.C16H22N2O.C16H23NO2S.C13H23N.3C11H16.2C10H20/c1-13(2)16-8-10-17(12-16,11-9-16)18-15(19)14-6-4-3-5-7-14;1-12(2)15-5-7-16(11-15,8-6-15)18-14(19)13-4-3-9-17-10-13;1-13(2)15-8-10-16(12-15,11-9-15)17-20(18,19)14-6-4-3-5-7-14;1-9(2)12-4-10-3-11(5-12)7-13(14,6-10)8-12;2*1-9(2)8-11-6-4-10(3)5-7-11;1-9(2)8-11-7-5-4-6-10(11)3;2*1-8(2)7-10-6-4-5-9(10)3/h3-7,13H,8-12H2,1-2H3,(H,18,19);3-4,9-10,12H,5-8,11H2,1-2H3,(H,18,19);3-7,13,17H,8-12H2,1-2H3;9-11H,3-8,14H2,1-2H3;3*4-7,9H,8H2,1-3H3;2*8-10H,4-7H2,1-3H3.